The maximum absolute atomic E-state index is 12.3. The first kappa shape index (κ1) is 48.1. The highest BCUT2D eigenvalue weighted by Crippen LogP contribution is 2.12. The number of carbonyl (C=O) groups excluding carboxylic acids is 1. The van der Waals surface area contributed by atoms with E-state index in [0.29, 0.717) is 12.7 Å². The molecule has 1 aromatic heterocycles. The number of unbranched alkanes of at least 4 members (excludes halogenated alkanes) is 22. The van der Waals surface area contributed by atoms with E-state index >= 15 is 0 Å². The van der Waals surface area contributed by atoms with Crippen molar-refractivity contribution in [2.45, 2.75) is 200 Å². The Morgan fingerprint density at radius 1 is 0.680 bits per heavy atom. The molecule has 1 aromatic rings. The van der Waals surface area contributed by atoms with Gasteiger partial charge in [-0.25, -0.2) is 17.6 Å². The maximum Gasteiger partial charge on any atom is 0.256 e. The van der Waals surface area contributed by atoms with Gasteiger partial charge >= 0.3 is 0 Å². The molecule has 0 atom stereocenters. The van der Waals surface area contributed by atoms with Crippen molar-refractivity contribution in [1.29, 1.82) is 0 Å². The monoisotopic (exact) mass is 722 g/mol. The molecule has 0 aliphatic rings. The fourth-order valence-electron chi connectivity index (χ4n) is 6.19. The zero-order valence-electron chi connectivity index (χ0n) is 33.1. The van der Waals surface area contributed by atoms with E-state index in [1.807, 2.05) is 0 Å². The summed E-state index contributed by atoms with van der Waals surface area (Å²) >= 11 is 0. The van der Waals surface area contributed by atoms with Crippen molar-refractivity contribution in [2.24, 2.45) is 7.05 Å². The molecule has 8 heteroatoms. The van der Waals surface area contributed by atoms with Crippen molar-refractivity contribution >= 4 is 16.0 Å². The molecule has 1 amide bonds. The average Bonchev–Trinajstić information content (AvgIpc) is 3.42. The van der Waals surface area contributed by atoms with Crippen LogP contribution in [0, 0.1) is 0 Å². The van der Waals surface area contributed by atoms with E-state index in [2.05, 4.69) is 72.0 Å². The van der Waals surface area contributed by atoms with Crippen LogP contribution in [0.2, 0.25) is 0 Å². The van der Waals surface area contributed by atoms with E-state index in [9.17, 15) is 4.79 Å². The summed E-state index contributed by atoms with van der Waals surface area (Å²) in [6.07, 6.45) is 50.5. The predicted octanol–water partition coefficient (Wildman–Crippen LogP) is 10.8. The van der Waals surface area contributed by atoms with Gasteiger partial charge in [0.1, 0.15) is 18.9 Å². The van der Waals surface area contributed by atoms with Crippen LogP contribution in [0.25, 0.3) is 0 Å². The van der Waals surface area contributed by atoms with Gasteiger partial charge < -0.3 is 9.87 Å². The van der Waals surface area contributed by atoms with Gasteiger partial charge in [0.2, 0.25) is 5.91 Å². The molecule has 7 nitrogen and oxygen atoms in total. The standard InChI is InChI=1S/C41H75N3O.CH4O3S/c1-4-6-8-10-12-14-16-18-20-22-24-26-28-30-32-34-40(45)42-36-37-44-39-38-43(3)41(44)35-33-31-29-27-25-23-21-19-17-15-13-11-9-7-5-2;1-5(2,3)4/h18-21,38-39H,4-17,22-37H2,1-3H3;1H3,(H,2,3,4)/b20-18+,21-19+;. The minimum Gasteiger partial charge on any atom is -0.748 e. The lowest BCUT2D eigenvalue weighted by molar-refractivity contribution is -0.678. The molecule has 0 aliphatic carbocycles. The van der Waals surface area contributed by atoms with Crippen molar-refractivity contribution in [3.8, 4) is 0 Å². The first-order valence-corrected chi connectivity index (χ1v) is 22.5. The smallest absolute Gasteiger partial charge is 0.256 e. The van der Waals surface area contributed by atoms with Crippen LogP contribution in [0.1, 0.15) is 193 Å². The fraction of sp³-hybridized carbons (Fsp3) is 0.810. The molecule has 0 spiro atoms. The van der Waals surface area contributed by atoms with Crippen LogP contribution in [0.4, 0.5) is 0 Å². The van der Waals surface area contributed by atoms with Crippen LogP contribution in [-0.2, 0) is 34.9 Å². The molecule has 0 radical (unpaired) electrons. The third kappa shape index (κ3) is 35.9. The number of nitrogens with one attached hydrogen (secondary N) is 1. The number of allylic oxidation sites excluding steroid dienone is 4. The van der Waals surface area contributed by atoms with Crippen LogP contribution < -0.4 is 9.88 Å². The summed E-state index contributed by atoms with van der Waals surface area (Å²) in [6, 6.07) is 0. The number of aromatic nitrogens is 2. The number of hydrogen-bond donors (Lipinski definition) is 1. The summed E-state index contributed by atoms with van der Waals surface area (Å²) in [6.45, 7) is 6.14. The van der Waals surface area contributed by atoms with Gasteiger partial charge in [0.25, 0.3) is 5.82 Å². The van der Waals surface area contributed by atoms with Crippen molar-refractivity contribution in [3.63, 3.8) is 0 Å². The molecule has 1 rings (SSSR count). The van der Waals surface area contributed by atoms with Crippen LogP contribution in [-0.4, -0.2) is 36.2 Å². The number of hydrogen-bond acceptors (Lipinski definition) is 4. The van der Waals surface area contributed by atoms with E-state index in [1.165, 1.54) is 166 Å². The Bertz CT molecular complexity index is 1060. The lowest BCUT2D eigenvalue weighted by atomic mass is 10.1. The molecule has 1 heterocycles. The van der Waals surface area contributed by atoms with Crippen LogP contribution in [0.5, 0.6) is 0 Å². The second-order valence-electron chi connectivity index (χ2n) is 14.2. The molecular formula is C42H79N3O4S. The number of carbonyl (C=O) groups is 1. The number of nitrogens with zero attached hydrogens (tertiary/aromatic N) is 2. The molecular weight excluding hydrogens is 643 g/mol. The van der Waals surface area contributed by atoms with E-state index in [0.717, 1.165) is 25.9 Å². The van der Waals surface area contributed by atoms with Gasteiger partial charge in [-0.3, -0.25) is 4.79 Å². The first-order chi connectivity index (χ1) is 24.2. The number of rotatable bonds is 33. The molecule has 50 heavy (non-hydrogen) atoms. The molecule has 0 fully saturated rings. The largest absolute Gasteiger partial charge is 0.748 e. The number of amides is 1. The summed E-state index contributed by atoms with van der Waals surface area (Å²) < 4.78 is 31.8. The quantitative estimate of drug-likeness (QED) is 0.0338. The number of imidazole rings is 1. The molecule has 0 aliphatic heterocycles. The Balaban J connectivity index is 0.00000445. The van der Waals surface area contributed by atoms with Crippen molar-refractivity contribution in [1.82, 2.24) is 9.88 Å². The SMILES string of the molecule is CCCCCCCC/C=C/CCCCCCCC(=O)NCCn1cc[n+](C)c1CCCCCCC/C=C/CCCCCCCC.CS(=O)(=O)[O-]. The highest BCUT2D eigenvalue weighted by atomic mass is 32.2. The van der Waals surface area contributed by atoms with Gasteiger partial charge in [-0.05, 0) is 64.2 Å². The molecule has 0 bridgehead atoms. The van der Waals surface area contributed by atoms with Crippen molar-refractivity contribution in [3.05, 3.63) is 42.5 Å². The van der Waals surface area contributed by atoms with Gasteiger partial charge in [-0.2, -0.15) is 0 Å². The average molecular weight is 722 g/mol. The third-order valence-corrected chi connectivity index (χ3v) is 9.21. The Morgan fingerprint density at radius 2 is 1.06 bits per heavy atom. The van der Waals surface area contributed by atoms with E-state index in [-0.39, 0.29) is 5.91 Å². The molecule has 1 N–H and O–H groups in total. The van der Waals surface area contributed by atoms with E-state index in [1.54, 1.807) is 0 Å². The van der Waals surface area contributed by atoms with Crippen molar-refractivity contribution < 1.29 is 22.3 Å². The normalized spacial score (nSPS) is 11.8. The second kappa shape index (κ2) is 35.5. The summed E-state index contributed by atoms with van der Waals surface area (Å²) in [7, 11) is -1.77. The molecule has 0 saturated heterocycles. The first-order valence-electron chi connectivity index (χ1n) is 20.7. The second-order valence-corrected chi connectivity index (χ2v) is 15.6. The highest BCUT2D eigenvalue weighted by molar-refractivity contribution is 7.84. The van der Waals surface area contributed by atoms with Gasteiger partial charge in [-0.15, -0.1) is 0 Å². The molecule has 0 unspecified atom stereocenters. The highest BCUT2D eigenvalue weighted by Gasteiger charge is 2.14. The third-order valence-electron chi connectivity index (χ3n) is 9.21. The lowest BCUT2D eigenvalue weighted by Crippen LogP contribution is -2.33. The Hall–Kier alpha value is -1.93. The maximum atomic E-state index is 12.3. The summed E-state index contributed by atoms with van der Waals surface area (Å²) in [4.78, 5) is 12.3. The van der Waals surface area contributed by atoms with Gasteiger partial charge in [-0.1, -0.05) is 141 Å². The zero-order chi connectivity index (χ0) is 37.0. The van der Waals surface area contributed by atoms with Gasteiger partial charge in [0.05, 0.1) is 23.7 Å². The minimum atomic E-state index is -3.92. The summed E-state index contributed by atoms with van der Waals surface area (Å²) in [5.74, 6) is 1.59. The zero-order valence-corrected chi connectivity index (χ0v) is 33.9. The van der Waals surface area contributed by atoms with Gasteiger partial charge in [0.15, 0.2) is 0 Å². The van der Waals surface area contributed by atoms with Gasteiger partial charge in [0, 0.05) is 19.1 Å². The van der Waals surface area contributed by atoms with E-state index in [4.69, 9.17) is 13.0 Å². The number of aryl methyl sites for hydroxylation is 1. The molecule has 0 aromatic carbocycles. The van der Waals surface area contributed by atoms with Crippen LogP contribution in [0.15, 0.2) is 36.7 Å². The Morgan fingerprint density at radius 3 is 1.50 bits per heavy atom. The van der Waals surface area contributed by atoms with Crippen LogP contribution in [0.3, 0.4) is 0 Å². The fourth-order valence-corrected chi connectivity index (χ4v) is 6.19. The molecule has 0 saturated carbocycles. The summed E-state index contributed by atoms with van der Waals surface area (Å²) in [5.41, 5.74) is 0. The Kier molecular flexibility index (Phi) is 34.1. The molecule has 292 valence electrons. The summed E-state index contributed by atoms with van der Waals surface area (Å²) in [5, 5.41) is 3.16. The predicted molar refractivity (Wildman–Crippen MR) is 212 cm³/mol. The topological polar surface area (TPSA) is 95.1 Å². The van der Waals surface area contributed by atoms with Crippen molar-refractivity contribution in [2.75, 3.05) is 12.8 Å². The Labute approximate surface area is 309 Å². The van der Waals surface area contributed by atoms with Crippen LogP contribution >= 0.6 is 0 Å². The van der Waals surface area contributed by atoms with E-state index < -0.39 is 10.1 Å². The minimum absolute atomic E-state index is 0.211. The lowest BCUT2D eigenvalue weighted by Gasteiger charge is -2.06.